The van der Waals surface area contributed by atoms with Crippen molar-refractivity contribution < 1.29 is 4.39 Å². The van der Waals surface area contributed by atoms with E-state index in [2.05, 4.69) is 11.8 Å². The molecule has 1 rings (SSSR count). The van der Waals surface area contributed by atoms with Crippen LogP contribution < -0.4 is 5.01 Å². The molecule has 1 aromatic rings. The summed E-state index contributed by atoms with van der Waals surface area (Å²) in [4.78, 5) is 0. The standard InChI is InChI=1S/C8H9FN2/c1-10-11(2)8-6-4-3-5-7(8)9/h3-6H,1H2,2H3. The van der Waals surface area contributed by atoms with Crippen molar-refractivity contribution in [2.45, 2.75) is 0 Å². The highest BCUT2D eigenvalue weighted by atomic mass is 19.1. The normalized spacial score (nSPS) is 9.27. The lowest BCUT2D eigenvalue weighted by atomic mass is 10.3. The fraction of sp³-hybridized carbons (Fsp3) is 0.125. The third kappa shape index (κ3) is 1.55. The number of halogens is 1. The van der Waals surface area contributed by atoms with Crippen LogP contribution in [0.3, 0.4) is 0 Å². The third-order valence-corrected chi connectivity index (χ3v) is 1.41. The smallest absolute Gasteiger partial charge is 0.148 e. The number of rotatable bonds is 2. The van der Waals surface area contributed by atoms with E-state index in [1.165, 1.54) is 11.1 Å². The second-order valence-corrected chi connectivity index (χ2v) is 2.12. The number of hydrogen-bond donors (Lipinski definition) is 0. The van der Waals surface area contributed by atoms with Crippen molar-refractivity contribution in [3.05, 3.63) is 30.1 Å². The van der Waals surface area contributed by atoms with E-state index in [1.807, 2.05) is 0 Å². The fourth-order valence-corrected chi connectivity index (χ4v) is 0.790. The number of anilines is 1. The summed E-state index contributed by atoms with van der Waals surface area (Å²) in [5.74, 6) is -0.289. The average Bonchev–Trinajstić information content (AvgIpc) is 2.04. The first-order valence-electron chi connectivity index (χ1n) is 3.20. The molecular formula is C8H9FN2. The summed E-state index contributed by atoms with van der Waals surface area (Å²) in [6.45, 7) is 3.29. The van der Waals surface area contributed by atoms with Gasteiger partial charge in [-0.3, -0.25) is 5.01 Å². The van der Waals surface area contributed by atoms with Crippen molar-refractivity contribution in [3.8, 4) is 0 Å². The summed E-state index contributed by atoms with van der Waals surface area (Å²) in [6.07, 6.45) is 0. The molecule has 0 saturated carbocycles. The minimum atomic E-state index is -0.289. The Morgan fingerprint density at radius 3 is 2.64 bits per heavy atom. The summed E-state index contributed by atoms with van der Waals surface area (Å²) in [7, 11) is 1.64. The lowest BCUT2D eigenvalue weighted by Crippen LogP contribution is -2.08. The molecule has 3 heteroatoms. The van der Waals surface area contributed by atoms with E-state index < -0.39 is 0 Å². The van der Waals surface area contributed by atoms with Crippen LogP contribution in [-0.2, 0) is 0 Å². The van der Waals surface area contributed by atoms with Gasteiger partial charge in [-0.15, -0.1) is 0 Å². The van der Waals surface area contributed by atoms with Gasteiger partial charge in [0.15, 0.2) is 0 Å². The fourth-order valence-electron chi connectivity index (χ4n) is 0.790. The molecule has 0 radical (unpaired) electrons. The van der Waals surface area contributed by atoms with E-state index in [1.54, 1.807) is 25.2 Å². The summed E-state index contributed by atoms with van der Waals surface area (Å²) >= 11 is 0. The Morgan fingerprint density at radius 1 is 1.45 bits per heavy atom. The first kappa shape index (κ1) is 7.72. The van der Waals surface area contributed by atoms with Crippen LogP contribution in [0.5, 0.6) is 0 Å². The Kier molecular flexibility index (Phi) is 2.21. The van der Waals surface area contributed by atoms with Crippen LogP contribution in [0.25, 0.3) is 0 Å². The van der Waals surface area contributed by atoms with E-state index >= 15 is 0 Å². The van der Waals surface area contributed by atoms with Gasteiger partial charge in [-0.2, -0.15) is 5.10 Å². The lowest BCUT2D eigenvalue weighted by molar-refractivity contribution is 0.624. The average molecular weight is 152 g/mol. The van der Waals surface area contributed by atoms with E-state index in [4.69, 9.17) is 0 Å². The molecule has 0 atom stereocenters. The topological polar surface area (TPSA) is 15.6 Å². The Morgan fingerprint density at radius 2 is 2.09 bits per heavy atom. The summed E-state index contributed by atoms with van der Waals surface area (Å²) in [5, 5.41) is 4.95. The minimum Gasteiger partial charge on any atom is -0.266 e. The van der Waals surface area contributed by atoms with Crippen molar-refractivity contribution in [3.63, 3.8) is 0 Å². The molecule has 0 fully saturated rings. The van der Waals surface area contributed by atoms with E-state index in [0.29, 0.717) is 5.69 Å². The third-order valence-electron chi connectivity index (χ3n) is 1.41. The number of hydrazone groups is 1. The minimum absolute atomic E-state index is 0.289. The van der Waals surface area contributed by atoms with Gasteiger partial charge in [0.1, 0.15) is 5.82 Å². The molecule has 0 saturated heterocycles. The lowest BCUT2D eigenvalue weighted by Gasteiger charge is -2.11. The molecule has 0 aliphatic carbocycles. The summed E-state index contributed by atoms with van der Waals surface area (Å²) in [6, 6.07) is 6.41. The molecule has 1 aromatic carbocycles. The number of para-hydroxylation sites is 1. The highest BCUT2D eigenvalue weighted by molar-refractivity contribution is 5.47. The quantitative estimate of drug-likeness (QED) is 0.466. The predicted octanol–water partition coefficient (Wildman–Crippen LogP) is 1.88. The van der Waals surface area contributed by atoms with Gasteiger partial charge >= 0.3 is 0 Å². The van der Waals surface area contributed by atoms with Gasteiger partial charge in [-0.1, -0.05) is 12.1 Å². The maximum absolute atomic E-state index is 12.9. The molecule has 0 aliphatic heterocycles. The van der Waals surface area contributed by atoms with Crippen LogP contribution in [0.1, 0.15) is 0 Å². The zero-order chi connectivity index (χ0) is 8.27. The van der Waals surface area contributed by atoms with Crippen molar-refractivity contribution in [1.29, 1.82) is 0 Å². The van der Waals surface area contributed by atoms with Crippen LogP contribution in [0.2, 0.25) is 0 Å². The van der Waals surface area contributed by atoms with Crippen LogP contribution in [0.15, 0.2) is 29.4 Å². The van der Waals surface area contributed by atoms with Crippen molar-refractivity contribution >= 4 is 12.4 Å². The van der Waals surface area contributed by atoms with Crippen LogP contribution in [0.4, 0.5) is 10.1 Å². The molecule has 0 spiro atoms. The molecule has 11 heavy (non-hydrogen) atoms. The zero-order valence-corrected chi connectivity index (χ0v) is 6.29. The van der Waals surface area contributed by atoms with E-state index in [9.17, 15) is 4.39 Å². The number of hydrogen-bond acceptors (Lipinski definition) is 2. The molecule has 58 valence electrons. The highest BCUT2D eigenvalue weighted by Crippen LogP contribution is 2.16. The summed E-state index contributed by atoms with van der Waals surface area (Å²) in [5.41, 5.74) is 0.433. The maximum atomic E-state index is 12.9. The van der Waals surface area contributed by atoms with Crippen molar-refractivity contribution in [2.75, 3.05) is 12.1 Å². The molecule has 0 N–H and O–H groups in total. The van der Waals surface area contributed by atoms with Gasteiger partial charge in [0.2, 0.25) is 0 Å². The second kappa shape index (κ2) is 3.14. The van der Waals surface area contributed by atoms with E-state index in [-0.39, 0.29) is 5.82 Å². The van der Waals surface area contributed by atoms with Crippen LogP contribution in [0, 0.1) is 5.82 Å². The van der Waals surface area contributed by atoms with Gasteiger partial charge in [-0.05, 0) is 12.1 Å². The second-order valence-electron chi connectivity index (χ2n) is 2.12. The van der Waals surface area contributed by atoms with Crippen molar-refractivity contribution in [1.82, 2.24) is 0 Å². The monoisotopic (exact) mass is 152 g/mol. The maximum Gasteiger partial charge on any atom is 0.148 e. The predicted molar refractivity (Wildman–Crippen MR) is 44.4 cm³/mol. The first-order valence-corrected chi connectivity index (χ1v) is 3.20. The SMILES string of the molecule is C=NN(C)c1ccccc1F. The number of nitrogens with zero attached hydrogens (tertiary/aromatic N) is 2. The molecule has 0 aliphatic rings. The molecule has 0 unspecified atom stereocenters. The zero-order valence-electron chi connectivity index (χ0n) is 6.29. The van der Waals surface area contributed by atoms with Crippen LogP contribution >= 0.6 is 0 Å². The molecule has 0 aromatic heterocycles. The Labute approximate surface area is 65.0 Å². The molecule has 0 amide bonds. The van der Waals surface area contributed by atoms with Gasteiger partial charge in [0.25, 0.3) is 0 Å². The van der Waals surface area contributed by atoms with Gasteiger partial charge in [0.05, 0.1) is 5.69 Å². The highest BCUT2D eigenvalue weighted by Gasteiger charge is 2.02. The van der Waals surface area contributed by atoms with Crippen LogP contribution in [-0.4, -0.2) is 13.8 Å². The molecule has 0 heterocycles. The molecular weight excluding hydrogens is 143 g/mol. The Balaban J connectivity index is 3.02. The van der Waals surface area contributed by atoms with Gasteiger partial charge in [-0.25, -0.2) is 4.39 Å². The Hall–Kier alpha value is -1.38. The molecule has 0 bridgehead atoms. The summed E-state index contributed by atoms with van der Waals surface area (Å²) < 4.78 is 12.9. The largest absolute Gasteiger partial charge is 0.266 e. The Bertz CT molecular complexity index is 260. The molecule has 2 nitrogen and oxygen atoms in total. The van der Waals surface area contributed by atoms with E-state index in [0.717, 1.165) is 0 Å². The van der Waals surface area contributed by atoms with Gasteiger partial charge in [0, 0.05) is 13.8 Å². The first-order chi connectivity index (χ1) is 5.25. The van der Waals surface area contributed by atoms with Gasteiger partial charge < -0.3 is 0 Å². The number of benzene rings is 1. The van der Waals surface area contributed by atoms with Crippen molar-refractivity contribution in [2.24, 2.45) is 5.10 Å².